The van der Waals surface area contributed by atoms with Gasteiger partial charge in [-0.05, 0) is 65.5 Å². The highest BCUT2D eigenvalue weighted by molar-refractivity contribution is 5.96. The van der Waals surface area contributed by atoms with Crippen LogP contribution in [0.3, 0.4) is 0 Å². The summed E-state index contributed by atoms with van der Waals surface area (Å²) in [6.45, 7) is 1.82. The Labute approximate surface area is 155 Å². The number of fused-ring (bicyclic) bond motifs is 6. The zero-order chi connectivity index (χ0) is 18.8. The number of nitroso groups, excluding NO2 is 1. The van der Waals surface area contributed by atoms with Crippen molar-refractivity contribution in [1.82, 2.24) is 0 Å². The summed E-state index contributed by atoms with van der Waals surface area (Å²) in [7, 11) is 0. The van der Waals surface area contributed by atoms with Gasteiger partial charge < -0.3 is 9.84 Å². The van der Waals surface area contributed by atoms with Gasteiger partial charge in [0.2, 0.25) is 0 Å². The van der Waals surface area contributed by atoms with Crippen LogP contribution in [-0.4, -0.2) is 11.1 Å². The van der Waals surface area contributed by atoms with Crippen molar-refractivity contribution in [3.8, 4) is 5.75 Å². The van der Waals surface area contributed by atoms with Crippen molar-refractivity contribution in [3.05, 3.63) is 98.4 Å². The number of phenolic OH excluding ortho intramolecular Hbond substituents is 1. The van der Waals surface area contributed by atoms with E-state index in [0.717, 1.165) is 33.4 Å². The maximum absolute atomic E-state index is 12.7. The van der Waals surface area contributed by atoms with Crippen molar-refractivity contribution in [2.75, 3.05) is 0 Å². The van der Waals surface area contributed by atoms with Gasteiger partial charge in [-0.15, -0.1) is 4.91 Å². The molecule has 5 rings (SSSR count). The molecule has 1 atom stereocenters. The summed E-state index contributed by atoms with van der Waals surface area (Å²) in [5.74, 6) is -0.237. The van der Waals surface area contributed by atoms with Gasteiger partial charge >= 0.3 is 5.97 Å². The van der Waals surface area contributed by atoms with Crippen LogP contribution < -0.4 is 0 Å². The molecule has 1 heterocycles. The van der Waals surface area contributed by atoms with Crippen molar-refractivity contribution < 1.29 is 14.6 Å². The molecule has 0 saturated heterocycles. The lowest BCUT2D eigenvalue weighted by Crippen LogP contribution is -2.35. The number of benzene rings is 3. The monoisotopic (exact) mass is 357 g/mol. The van der Waals surface area contributed by atoms with Crippen LogP contribution in [0.25, 0.3) is 0 Å². The molecule has 0 amide bonds. The Bertz CT molecular complexity index is 1150. The van der Waals surface area contributed by atoms with Crippen molar-refractivity contribution in [1.29, 1.82) is 0 Å². The molecule has 0 fully saturated rings. The molecule has 2 aliphatic rings. The first-order valence-corrected chi connectivity index (χ1v) is 8.67. The number of hydrogen-bond donors (Lipinski definition) is 1. The molecule has 0 aromatic heterocycles. The molecule has 3 aromatic carbocycles. The molecule has 0 saturated carbocycles. The van der Waals surface area contributed by atoms with Gasteiger partial charge in [0.1, 0.15) is 11.4 Å². The van der Waals surface area contributed by atoms with Crippen LogP contribution in [0.15, 0.2) is 59.8 Å². The number of carbonyl (C=O) groups is 1. The molecule has 1 spiro atoms. The van der Waals surface area contributed by atoms with Gasteiger partial charge in [0.15, 0.2) is 5.60 Å². The van der Waals surface area contributed by atoms with E-state index in [0.29, 0.717) is 17.7 Å². The Hall–Kier alpha value is -3.47. The molecule has 3 aromatic rings. The molecular formula is C22H15NO4. The Kier molecular flexibility index (Phi) is 3.07. The topological polar surface area (TPSA) is 76.0 Å². The molecule has 1 N–H and O–H groups in total. The molecule has 132 valence electrons. The van der Waals surface area contributed by atoms with Crippen LogP contribution in [0.1, 0.15) is 43.7 Å². The Morgan fingerprint density at radius 1 is 1.00 bits per heavy atom. The highest BCUT2D eigenvalue weighted by atomic mass is 16.6. The molecule has 27 heavy (non-hydrogen) atoms. The van der Waals surface area contributed by atoms with Gasteiger partial charge in [-0.3, -0.25) is 0 Å². The third kappa shape index (κ3) is 1.96. The number of rotatable bonds is 1. The molecule has 0 radical (unpaired) electrons. The fraction of sp³-hybridized carbons (Fsp3) is 0.136. The number of nitrogens with zero attached hydrogens (tertiary/aromatic N) is 1. The summed E-state index contributed by atoms with van der Waals surface area (Å²) in [6, 6.07) is 16.1. The summed E-state index contributed by atoms with van der Waals surface area (Å²) >= 11 is 0. The molecule has 1 aliphatic carbocycles. The Morgan fingerprint density at radius 2 is 1.78 bits per heavy atom. The van der Waals surface area contributed by atoms with E-state index >= 15 is 0 Å². The highest BCUT2D eigenvalue weighted by Gasteiger charge is 2.52. The van der Waals surface area contributed by atoms with E-state index in [2.05, 4.69) is 5.18 Å². The molecule has 5 heteroatoms. The van der Waals surface area contributed by atoms with Crippen molar-refractivity contribution in [2.24, 2.45) is 5.18 Å². The minimum Gasteiger partial charge on any atom is -0.508 e. The van der Waals surface area contributed by atoms with E-state index in [1.54, 1.807) is 24.3 Å². The number of esters is 1. The lowest BCUT2D eigenvalue weighted by Gasteiger charge is -2.37. The normalized spacial score (nSPS) is 19.2. The first-order valence-electron chi connectivity index (χ1n) is 8.67. The van der Waals surface area contributed by atoms with Crippen LogP contribution in [-0.2, 0) is 16.8 Å². The second kappa shape index (κ2) is 5.27. The van der Waals surface area contributed by atoms with Crippen molar-refractivity contribution >= 4 is 11.7 Å². The highest BCUT2D eigenvalue weighted by Crippen LogP contribution is 2.53. The summed E-state index contributed by atoms with van der Waals surface area (Å²) in [5, 5.41) is 13.1. The van der Waals surface area contributed by atoms with Crippen molar-refractivity contribution in [3.63, 3.8) is 0 Å². The minimum absolute atomic E-state index is 0.144. The first-order chi connectivity index (χ1) is 13.0. The van der Waals surface area contributed by atoms with E-state index in [9.17, 15) is 14.8 Å². The average Bonchev–Trinajstić information content (AvgIpc) is 2.96. The van der Waals surface area contributed by atoms with E-state index in [4.69, 9.17) is 4.74 Å². The predicted molar refractivity (Wildman–Crippen MR) is 99.3 cm³/mol. The van der Waals surface area contributed by atoms with Crippen LogP contribution in [0.2, 0.25) is 0 Å². The molecule has 5 nitrogen and oxygen atoms in total. The quantitative estimate of drug-likeness (QED) is 0.515. The summed E-state index contributed by atoms with van der Waals surface area (Å²) in [5.41, 5.74) is 4.69. The van der Waals surface area contributed by atoms with Gasteiger partial charge in [0.05, 0.1) is 5.56 Å². The number of carbonyl (C=O) groups excluding carboxylic acids is 1. The van der Waals surface area contributed by atoms with Gasteiger partial charge in [0, 0.05) is 16.7 Å². The second-order valence-corrected chi connectivity index (χ2v) is 7.02. The van der Waals surface area contributed by atoms with E-state index in [1.807, 2.05) is 37.3 Å². The summed E-state index contributed by atoms with van der Waals surface area (Å²) in [4.78, 5) is 23.9. The Balaban J connectivity index is 1.91. The average molecular weight is 357 g/mol. The minimum atomic E-state index is -1.09. The SMILES string of the molecule is Cc1cc2c(cc1N=O)Cc1cc(O)ccc1C21OC(=O)c2ccccc21. The van der Waals surface area contributed by atoms with Crippen LogP contribution in [0.4, 0.5) is 5.69 Å². The first kappa shape index (κ1) is 15.8. The number of phenols is 1. The maximum Gasteiger partial charge on any atom is 0.340 e. The fourth-order valence-electron chi connectivity index (χ4n) is 4.35. The van der Waals surface area contributed by atoms with Gasteiger partial charge in [-0.2, -0.15) is 0 Å². The zero-order valence-corrected chi connectivity index (χ0v) is 14.5. The number of ether oxygens (including phenoxy) is 1. The van der Waals surface area contributed by atoms with Crippen LogP contribution in [0.5, 0.6) is 5.75 Å². The number of hydrogen-bond acceptors (Lipinski definition) is 5. The third-order valence-electron chi connectivity index (χ3n) is 5.52. The van der Waals surface area contributed by atoms with E-state index in [-0.39, 0.29) is 11.7 Å². The Morgan fingerprint density at radius 3 is 2.59 bits per heavy atom. The van der Waals surface area contributed by atoms with E-state index < -0.39 is 5.60 Å². The number of aromatic hydroxyl groups is 1. The third-order valence-corrected chi connectivity index (χ3v) is 5.52. The number of aryl methyl sites for hydroxylation is 1. The predicted octanol–water partition coefficient (Wildman–Crippen LogP) is 4.47. The smallest absolute Gasteiger partial charge is 0.340 e. The van der Waals surface area contributed by atoms with Gasteiger partial charge in [-0.25, -0.2) is 4.79 Å². The lowest BCUT2D eigenvalue weighted by atomic mass is 9.70. The molecule has 1 aliphatic heterocycles. The largest absolute Gasteiger partial charge is 0.508 e. The molecule has 0 bridgehead atoms. The summed E-state index contributed by atoms with van der Waals surface area (Å²) < 4.78 is 6.05. The summed E-state index contributed by atoms with van der Waals surface area (Å²) in [6.07, 6.45) is 0.517. The van der Waals surface area contributed by atoms with Gasteiger partial charge in [0.25, 0.3) is 0 Å². The fourth-order valence-corrected chi connectivity index (χ4v) is 4.35. The van der Waals surface area contributed by atoms with Crippen LogP contribution in [0, 0.1) is 11.8 Å². The van der Waals surface area contributed by atoms with E-state index in [1.165, 1.54) is 0 Å². The lowest BCUT2D eigenvalue weighted by molar-refractivity contribution is 0.0240. The molecular weight excluding hydrogens is 342 g/mol. The van der Waals surface area contributed by atoms with Crippen molar-refractivity contribution in [2.45, 2.75) is 18.9 Å². The maximum atomic E-state index is 12.7. The second-order valence-electron chi connectivity index (χ2n) is 7.02. The zero-order valence-electron chi connectivity index (χ0n) is 14.5. The van der Waals surface area contributed by atoms with Crippen LogP contribution >= 0.6 is 0 Å². The standard InChI is InChI=1S/C22H15NO4/c1-12-8-19-14(11-20(12)23-26)9-13-10-15(24)6-7-17(13)22(19)18-5-3-2-4-16(18)21(25)27-22/h2-8,10-11,24H,9H2,1H3. The molecule has 1 unspecified atom stereocenters. The van der Waals surface area contributed by atoms with Gasteiger partial charge in [-0.1, -0.05) is 24.3 Å².